The van der Waals surface area contributed by atoms with Crippen molar-refractivity contribution in [2.75, 3.05) is 37.7 Å². The Morgan fingerprint density at radius 3 is 2.45 bits per heavy atom. The van der Waals surface area contributed by atoms with Crippen LogP contribution in [0.4, 0.5) is 0 Å². The van der Waals surface area contributed by atoms with E-state index in [1.165, 1.54) is 0 Å². The second-order valence-corrected chi connectivity index (χ2v) is 7.14. The summed E-state index contributed by atoms with van der Waals surface area (Å²) in [5.74, 6) is 1.29. The summed E-state index contributed by atoms with van der Waals surface area (Å²) in [4.78, 5) is 2.16. The molecular formula is C14H18N2O3S. The molecule has 0 aliphatic carbocycles. The highest BCUT2D eigenvalue weighted by Gasteiger charge is 2.20. The van der Waals surface area contributed by atoms with Gasteiger partial charge >= 0.3 is 0 Å². The molecule has 0 saturated carbocycles. The van der Waals surface area contributed by atoms with Gasteiger partial charge in [-0.2, -0.15) is 5.26 Å². The Balaban J connectivity index is 1.65. The van der Waals surface area contributed by atoms with E-state index in [0.29, 0.717) is 25.3 Å². The lowest BCUT2D eigenvalue weighted by Gasteiger charge is -2.26. The third-order valence-corrected chi connectivity index (χ3v) is 4.92. The molecule has 0 unspecified atom stereocenters. The average Bonchev–Trinajstić information content (AvgIpc) is 2.46. The monoisotopic (exact) mass is 294 g/mol. The molecule has 1 aliphatic heterocycles. The van der Waals surface area contributed by atoms with E-state index >= 15 is 0 Å². The summed E-state index contributed by atoms with van der Waals surface area (Å²) < 4.78 is 28.2. The number of nitrogens with zero attached hydrogens (tertiary/aromatic N) is 2. The van der Waals surface area contributed by atoms with Crippen molar-refractivity contribution in [3.8, 4) is 11.8 Å². The highest BCUT2D eigenvalue weighted by Crippen LogP contribution is 2.12. The molecule has 0 spiro atoms. The van der Waals surface area contributed by atoms with E-state index in [9.17, 15) is 8.42 Å². The zero-order valence-electron chi connectivity index (χ0n) is 11.3. The Hall–Kier alpha value is -1.58. The van der Waals surface area contributed by atoms with Crippen LogP contribution < -0.4 is 4.74 Å². The van der Waals surface area contributed by atoms with Crippen molar-refractivity contribution in [2.24, 2.45) is 0 Å². The largest absolute Gasteiger partial charge is 0.494 e. The molecule has 1 fully saturated rings. The van der Waals surface area contributed by atoms with Crippen molar-refractivity contribution in [1.82, 2.24) is 4.90 Å². The van der Waals surface area contributed by atoms with Crippen molar-refractivity contribution in [1.29, 1.82) is 5.26 Å². The number of nitriles is 1. The Bertz CT molecular complexity index is 561. The number of hydrogen-bond donors (Lipinski definition) is 0. The maximum absolute atomic E-state index is 11.3. The van der Waals surface area contributed by atoms with E-state index in [0.717, 1.165) is 18.7 Å². The van der Waals surface area contributed by atoms with Gasteiger partial charge in [-0.15, -0.1) is 0 Å². The summed E-state index contributed by atoms with van der Waals surface area (Å²) in [6, 6.07) is 9.08. The number of sulfone groups is 1. The van der Waals surface area contributed by atoms with Gasteiger partial charge in [0.15, 0.2) is 9.84 Å². The third-order valence-electron chi connectivity index (χ3n) is 3.31. The van der Waals surface area contributed by atoms with Crippen molar-refractivity contribution >= 4 is 9.84 Å². The molecule has 1 aliphatic rings. The van der Waals surface area contributed by atoms with Gasteiger partial charge in [0.25, 0.3) is 0 Å². The quantitative estimate of drug-likeness (QED) is 0.759. The Morgan fingerprint density at radius 2 is 1.85 bits per heavy atom. The highest BCUT2D eigenvalue weighted by atomic mass is 32.2. The van der Waals surface area contributed by atoms with Crippen molar-refractivity contribution in [2.45, 2.75) is 6.42 Å². The number of benzene rings is 1. The van der Waals surface area contributed by atoms with Gasteiger partial charge in [0.2, 0.25) is 0 Å². The molecule has 20 heavy (non-hydrogen) atoms. The van der Waals surface area contributed by atoms with Crippen LogP contribution in [0.25, 0.3) is 0 Å². The van der Waals surface area contributed by atoms with Crippen LogP contribution >= 0.6 is 0 Å². The van der Waals surface area contributed by atoms with Crippen LogP contribution in [0.5, 0.6) is 5.75 Å². The first kappa shape index (κ1) is 14.8. The molecule has 1 aromatic carbocycles. The number of ether oxygens (including phenoxy) is 1. The van der Waals surface area contributed by atoms with Crippen molar-refractivity contribution in [3.05, 3.63) is 29.8 Å². The predicted octanol–water partition coefficient (Wildman–Crippen LogP) is 1.06. The molecular weight excluding hydrogens is 276 g/mol. The lowest BCUT2D eigenvalue weighted by Crippen LogP contribution is -2.40. The van der Waals surface area contributed by atoms with E-state index < -0.39 is 9.84 Å². The lowest BCUT2D eigenvalue weighted by molar-refractivity contribution is 0.246. The molecule has 0 radical (unpaired) electrons. The minimum atomic E-state index is -2.80. The van der Waals surface area contributed by atoms with Gasteiger partial charge < -0.3 is 9.64 Å². The Kier molecular flexibility index (Phi) is 4.99. The van der Waals surface area contributed by atoms with Crippen LogP contribution in [0, 0.1) is 11.3 Å². The average molecular weight is 294 g/mol. The summed E-state index contributed by atoms with van der Waals surface area (Å²) in [6.07, 6.45) is 0.861. The third kappa shape index (κ3) is 4.51. The van der Waals surface area contributed by atoms with Gasteiger partial charge in [0, 0.05) is 19.6 Å². The van der Waals surface area contributed by atoms with E-state index in [4.69, 9.17) is 10.00 Å². The SMILES string of the molecule is N#Cc1ccc(OCCCN2CCS(=O)(=O)CC2)cc1. The van der Waals surface area contributed by atoms with E-state index in [1.54, 1.807) is 24.3 Å². The van der Waals surface area contributed by atoms with Crippen LogP contribution in [0.15, 0.2) is 24.3 Å². The standard InChI is InChI=1S/C14H18N2O3S/c15-12-13-2-4-14(5-3-13)19-9-1-6-16-7-10-20(17,18)11-8-16/h2-5H,1,6-11H2. The molecule has 1 saturated heterocycles. The molecule has 1 heterocycles. The van der Waals surface area contributed by atoms with Crippen molar-refractivity contribution in [3.63, 3.8) is 0 Å². The summed E-state index contributed by atoms with van der Waals surface area (Å²) in [5, 5.41) is 8.68. The highest BCUT2D eigenvalue weighted by molar-refractivity contribution is 7.91. The second kappa shape index (κ2) is 6.73. The first-order valence-corrected chi connectivity index (χ1v) is 8.47. The van der Waals surface area contributed by atoms with Crippen LogP contribution in [-0.2, 0) is 9.84 Å². The van der Waals surface area contributed by atoms with Gasteiger partial charge in [-0.3, -0.25) is 0 Å². The number of hydrogen-bond acceptors (Lipinski definition) is 5. The molecule has 0 aromatic heterocycles. The Morgan fingerprint density at radius 1 is 1.20 bits per heavy atom. The van der Waals surface area contributed by atoms with Gasteiger partial charge in [-0.25, -0.2) is 8.42 Å². The van der Waals surface area contributed by atoms with Crippen LogP contribution in [0.1, 0.15) is 12.0 Å². The first-order chi connectivity index (χ1) is 9.59. The Labute approximate surface area is 119 Å². The topological polar surface area (TPSA) is 70.4 Å². The fourth-order valence-corrected chi connectivity index (χ4v) is 3.35. The minimum Gasteiger partial charge on any atom is -0.494 e. The van der Waals surface area contributed by atoms with Gasteiger partial charge in [0.1, 0.15) is 5.75 Å². The molecule has 108 valence electrons. The molecule has 6 heteroatoms. The summed E-state index contributed by atoms with van der Waals surface area (Å²) in [7, 11) is -2.80. The summed E-state index contributed by atoms with van der Waals surface area (Å²) in [6.45, 7) is 2.69. The zero-order valence-corrected chi connectivity index (χ0v) is 12.1. The van der Waals surface area contributed by atoms with Gasteiger partial charge in [-0.05, 0) is 30.7 Å². The molecule has 0 amide bonds. The summed E-state index contributed by atoms with van der Waals surface area (Å²) >= 11 is 0. The molecule has 0 bridgehead atoms. The normalized spacial score (nSPS) is 18.4. The maximum atomic E-state index is 11.3. The predicted molar refractivity (Wildman–Crippen MR) is 76.4 cm³/mol. The molecule has 2 rings (SSSR count). The van der Waals surface area contributed by atoms with Crippen LogP contribution in [0.3, 0.4) is 0 Å². The number of rotatable bonds is 5. The van der Waals surface area contributed by atoms with Crippen LogP contribution in [0.2, 0.25) is 0 Å². The molecule has 5 nitrogen and oxygen atoms in total. The van der Waals surface area contributed by atoms with E-state index in [2.05, 4.69) is 11.0 Å². The molecule has 1 aromatic rings. The minimum absolute atomic E-state index is 0.267. The fourth-order valence-electron chi connectivity index (χ4n) is 2.08. The zero-order chi connectivity index (χ0) is 14.4. The fraction of sp³-hybridized carbons (Fsp3) is 0.500. The van der Waals surface area contributed by atoms with E-state index in [1.807, 2.05) is 0 Å². The maximum Gasteiger partial charge on any atom is 0.152 e. The lowest BCUT2D eigenvalue weighted by atomic mass is 10.2. The summed E-state index contributed by atoms with van der Waals surface area (Å²) in [5.41, 5.74) is 0.617. The van der Waals surface area contributed by atoms with Gasteiger partial charge in [-0.1, -0.05) is 0 Å². The smallest absolute Gasteiger partial charge is 0.152 e. The molecule has 0 N–H and O–H groups in total. The second-order valence-electron chi connectivity index (χ2n) is 4.83. The molecule has 0 atom stereocenters. The first-order valence-electron chi connectivity index (χ1n) is 6.65. The van der Waals surface area contributed by atoms with Crippen LogP contribution in [-0.4, -0.2) is 51.1 Å². The van der Waals surface area contributed by atoms with Crippen molar-refractivity contribution < 1.29 is 13.2 Å². The van der Waals surface area contributed by atoms with E-state index in [-0.39, 0.29) is 11.5 Å². The van der Waals surface area contributed by atoms with Gasteiger partial charge in [0.05, 0.1) is 29.7 Å².